The summed E-state index contributed by atoms with van der Waals surface area (Å²) in [6.45, 7) is 6.00. The second kappa shape index (κ2) is 12.8. The zero-order valence-electron chi connectivity index (χ0n) is 23.5. The van der Waals surface area contributed by atoms with Crippen molar-refractivity contribution in [3.63, 3.8) is 0 Å². The number of rotatable bonds is 10. The minimum Gasteiger partial charge on any atom is -0.492 e. The van der Waals surface area contributed by atoms with E-state index in [4.69, 9.17) is 27.3 Å². The van der Waals surface area contributed by atoms with Gasteiger partial charge in [0.2, 0.25) is 0 Å². The summed E-state index contributed by atoms with van der Waals surface area (Å²) in [5.74, 6) is -1.02. The summed E-state index contributed by atoms with van der Waals surface area (Å²) in [5.41, 5.74) is -2.71. The van der Waals surface area contributed by atoms with E-state index in [1.807, 2.05) is 4.90 Å². The number of aliphatic carboxylic acids is 1. The molecule has 3 heterocycles. The maximum absolute atomic E-state index is 13.6. The van der Waals surface area contributed by atoms with Crippen LogP contribution in [-0.2, 0) is 22.2 Å². The molecule has 2 saturated heterocycles. The number of ether oxygens (including phenoxy) is 1. The number of aromatic nitrogens is 1. The maximum atomic E-state index is 13.6. The highest BCUT2D eigenvalue weighted by Crippen LogP contribution is 2.40. The number of carbonyl (C=O) groups is 2. The van der Waals surface area contributed by atoms with E-state index in [2.05, 4.69) is 9.88 Å². The summed E-state index contributed by atoms with van der Waals surface area (Å²) in [5, 5.41) is 17.9. The lowest BCUT2D eigenvalue weighted by molar-refractivity contribution is -0.139. The Morgan fingerprint density at radius 3 is 2.44 bits per heavy atom. The van der Waals surface area contributed by atoms with Gasteiger partial charge in [0.05, 0.1) is 30.7 Å². The molecule has 10 nitrogen and oxygen atoms in total. The number of thiocarbonyl (C=S) groups is 1. The quantitative estimate of drug-likeness (QED) is 0.312. The van der Waals surface area contributed by atoms with Gasteiger partial charge in [-0.2, -0.15) is 18.4 Å². The second-order valence-corrected chi connectivity index (χ2v) is 11.0. The van der Waals surface area contributed by atoms with Crippen LogP contribution in [0.2, 0.25) is 0 Å². The van der Waals surface area contributed by atoms with E-state index < -0.39 is 41.5 Å². The minimum absolute atomic E-state index is 0.00283. The van der Waals surface area contributed by atoms with E-state index >= 15 is 0 Å². The number of pyridine rings is 1. The molecule has 0 radical (unpaired) electrons. The number of nitriles is 1. The number of halogens is 4. The topological polar surface area (TPSA) is 113 Å². The number of hydrogen-bond acceptors (Lipinski definition) is 8. The zero-order valence-corrected chi connectivity index (χ0v) is 24.3. The van der Waals surface area contributed by atoms with Crippen molar-refractivity contribution in [2.24, 2.45) is 0 Å². The Kier molecular flexibility index (Phi) is 9.53. The Morgan fingerprint density at radius 1 is 1.16 bits per heavy atom. The summed E-state index contributed by atoms with van der Waals surface area (Å²) in [4.78, 5) is 34.4. The number of benzene rings is 1. The largest absolute Gasteiger partial charge is 0.492 e. The van der Waals surface area contributed by atoms with Gasteiger partial charge >= 0.3 is 12.1 Å². The van der Waals surface area contributed by atoms with E-state index in [1.165, 1.54) is 11.0 Å². The molecule has 4 rings (SSSR count). The lowest BCUT2D eigenvalue weighted by atomic mass is 10.0. The Bertz CT molecular complexity index is 1440. The van der Waals surface area contributed by atoms with Crippen molar-refractivity contribution in [3.05, 3.63) is 47.3 Å². The molecule has 0 bridgehead atoms. The molecular formula is C28H30F4N6O4S. The Balaban J connectivity index is 1.52. The van der Waals surface area contributed by atoms with Crippen LogP contribution in [0.5, 0.6) is 5.75 Å². The minimum atomic E-state index is -4.88. The van der Waals surface area contributed by atoms with Crippen LogP contribution in [0.25, 0.3) is 0 Å². The molecule has 2 aliphatic heterocycles. The number of carboxylic acid groups (broad SMARTS) is 1. The molecule has 43 heavy (non-hydrogen) atoms. The van der Waals surface area contributed by atoms with Gasteiger partial charge in [-0.15, -0.1) is 0 Å². The maximum Gasteiger partial charge on any atom is 0.419 e. The standard InChI is InChI=1S/C28H30F4N6O4S/c1-27(2)25(41)37(20-14-21(28(30,31)32)22(15-33)34-16-20)26(43)38(27)19-3-4-23(18(13-19)5-6-29)42-12-11-35-7-9-36(10-8-35)17-24(39)40/h3-4,13-14,16H,5-12,17H2,1-2H3,(H,39,40). The van der Waals surface area contributed by atoms with Crippen LogP contribution in [0.15, 0.2) is 30.5 Å². The molecule has 1 aromatic heterocycles. The lowest BCUT2D eigenvalue weighted by Gasteiger charge is -2.33. The third-order valence-electron chi connectivity index (χ3n) is 7.37. The van der Waals surface area contributed by atoms with Crippen molar-refractivity contribution in [1.29, 1.82) is 5.26 Å². The summed E-state index contributed by atoms with van der Waals surface area (Å²) in [6.07, 6.45) is -3.86. The van der Waals surface area contributed by atoms with Crippen LogP contribution in [0.4, 0.5) is 28.9 Å². The van der Waals surface area contributed by atoms with E-state index in [0.29, 0.717) is 62.4 Å². The van der Waals surface area contributed by atoms with Crippen molar-refractivity contribution >= 4 is 40.6 Å². The highest BCUT2D eigenvalue weighted by atomic mass is 32.1. The van der Waals surface area contributed by atoms with E-state index in [9.17, 15) is 27.2 Å². The van der Waals surface area contributed by atoms with Crippen molar-refractivity contribution in [1.82, 2.24) is 14.8 Å². The van der Waals surface area contributed by atoms with Crippen LogP contribution in [0.3, 0.4) is 0 Å². The number of piperazine rings is 1. The van der Waals surface area contributed by atoms with Gasteiger partial charge in [0, 0.05) is 44.8 Å². The fourth-order valence-electron chi connectivity index (χ4n) is 5.13. The molecule has 2 aliphatic rings. The Hall–Kier alpha value is -3.87. The normalized spacial score (nSPS) is 17.8. The van der Waals surface area contributed by atoms with Gasteiger partial charge in [-0.05, 0) is 55.9 Å². The molecule has 2 aromatic rings. The van der Waals surface area contributed by atoms with Gasteiger partial charge < -0.3 is 14.7 Å². The average Bonchev–Trinajstić information content (AvgIpc) is 3.12. The van der Waals surface area contributed by atoms with E-state index in [-0.39, 0.29) is 23.8 Å². The third kappa shape index (κ3) is 6.87. The van der Waals surface area contributed by atoms with E-state index in [1.54, 1.807) is 32.0 Å². The lowest BCUT2D eigenvalue weighted by Crippen LogP contribution is -2.48. The Morgan fingerprint density at radius 2 is 1.84 bits per heavy atom. The van der Waals surface area contributed by atoms with Crippen LogP contribution in [0.1, 0.15) is 30.7 Å². The number of alkyl halides is 4. The van der Waals surface area contributed by atoms with Crippen molar-refractivity contribution in [2.75, 3.05) is 62.3 Å². The molecule has 0 saturated carbocycles. The predicted molar refractivity (Wildman–Crippen MR) is 153 cm³/mol. The molecule has 1 amide bonds. The monoisotopic (exact) mass is 622 g/mol. The number of aryl methyl sites for hydroxylation is 1. The molecule has 2 fully saturated rings. The summed E-state index contributed by atoms with van der Waals surface area (Å²) < 4.78 is 60.3. The number of carboxylic acids is 1. The highest BCUT2D eigenvalue weighted by molar-refractivity contribution is 7.81. The van der Waals surface area contributed by atoms with Gasteiger partial charge in [-0.3, -0.25) is 28.7 Å². The third-order valence-corrected chi connectivity index (χ3v) is 7.73. The molecule has 0 unspecified atom stereocenters. The Labute approximate surface area is 251 Å². The zero-order chi connectivity index (χ0) is 31.5. The first-order valence-electron chi connectivity index (χ1n) is 13.4. The first kappa shape index (κ1) is 32.1. The predicted octanol–water partition coefficient (Wildman–Crippen LogP) is 3.48. The molecule has 0 aliphatic carbocycles. The van der Waals surface area contributed by atoms with E-state index in [0.717, 1.165) is 11.1 Å². The van der Waals surface area contributed by atoms with Crippen LogP contribution in [-0.4, -0.2) is 95.0 Å². The number of amides is 1. The van der Waals surface area contributed by atoms with Crippen LogP contribution >= 0.6 is 12.2 Å². The van der Waals surface area contributed by atoms with Crippen molar-refractivity contribution < 1.29 is 37.0 Å². The molecule has 0 spiro atoms. The molecule has 1 N–H and O–H groups in total. The summed E-state index contributed by atoms with van der Waals surface area (Å²) >= 11 is 5.57. The van der Waals surface area contributed by atoms with Crippen molar-refractivity contribution in [3.8, 4) is 11.8 Å². The number of nitrogens with zero attached hydrogens (tertiary/aromatic N) is 6. The first-order valence-corrected chi connectivity index (χ1v) is 13.8. The smallest absolute Gasteiger partial charge is 0.419 e. The van der Waals surface area contributed by atoms with Gasteiger partial charge in [-0.1, -0.05) is 0 Å². The van der Waals surface area contributed by atoms with Gasteiger partial charge in [0.1, 0.15) is 24.0 Å². The fraction of sp³-hybridized carbons (Fsp3) is 0.464. The average molecular weight is 623 g/mol. The molecule has 0 atom stereocenters. The van der Waals surface area contributed by atoms with Gasteiger partial charge in [0.15, 0.2) is 10.8 Å². The summed E-state index contributed by atoms with van der Waals surface area (Å²) in [7, 11) is 0. The van der Waals surface area contributed by atoms with Crippen LogP contribution < -0.4 is 14.5 Å². The molecular weight excluding hydrogens is 592 g/mol. The molecule has 230 valence electrons. The first-order chi connectivity index (χ1) is 20.3. The van der Waals surface area contributed by atoms with Crippen LogP contribution in [0, 0.1) is 11.3 Å². The SMILES string of the molecule is CC1(C)C(=O)N(c2cnc(C#N)c(C(F)(F)F)c2)C(=S)N1c1ccc(OCCN2CCN(CC(=O)O)CC2)c(CCF)c1. The summed E-state index contributed by atoms with van der Waals surface area (Å²) in [6, 6.07) is 7.01. The van der Waals surface area contributed by atoms with Crippen molar-refractivity contribution in [2.45, 2.75) is 32.0 Å². The number of carbonyl (C=O) groups excluding carboxylic acids is 1. The second-order valence-electron chi connectivity index (χ2n) is 10.6. The van der Waals surface area contributed by atoms with Gasteiger partial charge in [0.25, 0.3) is 5.91 Å². The fourth-order valence-corrected chi connectivity index (χ4v) is 5.65. The highest BCUT2D eigenvalue weighted by Gasteiger charge is 2.51. The number of anilines is 2. The molecule has 15 heteroatoms. The molecule has 1 aromatic carbocycles. The van der Waals surface area contributed by atoms with Gasteiger partial charge in [-0.25, -0.2) is 4.98 Å². The number of hydrogen-bond donors (Lipinski definition) is 1.